The van der Waals surface area contributed by atoms with E-state index in [1.807, 2.05) is 29.6 Å². The van der Waals surface area contributed by atoms with Crippen molar-refractivity contribution < 1.29 is 41.9 Å². The molecule has 55 heavy (non-hydrogen) atoms. The number of aryl methyl sites for hydroxylation is 1. The minimum atomic E-state index is -4.55. The molecule has 0 radical (unpaired) electrons. The first kappa shape index (κ1) is 41.0. The highest BCUT2D eigenvalue weighted by atomic mass is 19.4. The highest BCUT2D eigenvalue weighted by Crippen LogP contribution is 2.33. The maximum atomic E-state index is 13.8. The highest BCUT2D eigenvalue weighted by Gasteiger charge is 2.37. The van der Waals surface area contributed by atoms with Crippen molar-refractivity contribution in [2.24, 2.45) is 17.8 Å². The summed E-state index contributed by atoms with van der Waals surface area (Å²) in [7, 11) is 0. The molecule has 4 amide bonds. The van der Waals surface area contributed by atoms with Gasteiger partial charge in [0.1, 0.15) is 17.4 Å². The van der Waals surface area contributed by atoms with E-state index in [0.29, 0.717) is 36.3 Å². The number of anilines is 2. The van der Waals surface area contributed by atoms with Gasteiger partial charge in [-0.1, -0.05) is 36.4 Å². The Morgan fingerprint density at radius 1 is 0.927 bits per heavy atom. The molecule has 0 saturated heterocycles. The summed E-state index contributed by atoms with van der Waals surface area (Å²) >= 11 is 0. The van der Waals surface area contributed by atoms with Crippen molar-refractivity contribution >= 4 is 41.0 Å². The monoisotopic (exact) mass is 762 g/mol. The first-order valence-electron chi connectivity index (χ1n) is 18.7. The number of alkyl carbamates (subject to hydrolysis) is 1. The summed E-state index contributed by atoms with van der Waals surface area (Å²) in [6, 6.07) is 15.5. The maximum absolute atomic E-state index is 13.8. The van der Waals surface area contributed by atoms with Crippen molar-refractivity contribution in [2.75, 3.05) is 17.2 Å². The zero-order valence-electron chi connectivity index (χ0n) is 31.8. The second-order valence-electron chi connectivity index (χ2n) is 15.7. The van der Waals surface area contributed by atoms with E-state index >= 15 is 0 Å². The van der Waals surface area contributed by atoms with E-state index in [9.17, 15) is 37.1 Å². The third kappa shape index (κ3) is 11.4. The molecule has 0 aromatic heterocycles. The van der Waals surface area contributed by atoms with Gasteiger partial charge in [-0.3, -0.25) is 19.2 Å². The molecule has 13 heteroatoms. The first-order valence-corrected chi connectivity index (χ1v) is 18.7. The van der Waals surface area contributed by atoms with Crippen LogP contribution >= 0.6 is 0 Å². The van der Waals surface area contributed by atoms with Crippen molar-refractivity contribution in [2.45, 2.75) is 97.4 Å². The number of hydrogen-bond acceptors (Lipinski definition) is 6. The number of benzene rings is 3. The quantitative estimate of drug-likeness (QED) is 0.148. The van der Waals surface area contributed by atoms with Crippen LogP contribution in [0.4, 0.5) is 29.3 Å². The zero-order valence-corrected chi connectivity index (χ0v) is 31.8. The fourth-order valence-corrected chi connectivity index (χ4v) is 7.03. The van der Waals surface area contributed by atoms with Gasteiger partial charge in [0.15, 0.2) is 0 Å². The van der Waals surface area contributed by atoms with Crippen LogP contribution in [0, 0.1) is 24.7 Å². The Balaban J connectivity index is 1.25. The average Bonchev–Trinajstić information content (AvgIpc) is 3.49. The number of carbonyl (C=O) groups excluding carboxylic acids is 5. The lowest BCUT2D eigenvalue weighted by molar-refractivity contribution is -0.149. The van der Waals surface area contributed by atoms with Crippen LogP contribution in [0.3, 0.4) is 0 Å². The number of amides is 4. The maximum Gasteiger partial charge on any atom is 0.408 e. The molecule has 2 unspecified atom stereocenters. The largest absolute Gasteiger partial charge is 0.444 e. The van der Waals surface area contributed by atoms with Gasteiger partial charge in [-0.25, -0.2) is 4.79 Å². The Labute approximate surface area is 319 Å². The molecule has 2 atom stereocenters. The number of hydrogen-bond donors (Lipinski definition) is 4. The molecular formula is C42H49F3N4O6. The van der Waals surface area contributed by atoms with Gasteiger partial charge < -0.3 is 26.0 Å². The van der Waals surface area contributed by atoms with Crippen molar-refractivity contribution in [1.82, 2.24) is 10.6 Å². The topological polar surface area (TPSA) is 143 Å². The molecule has 3 aromatic carbocycles. The number of alkyl halides is 3. The van der Waals surface area contributed by atoms with E-state index in [2.05, 4.69) is 16.0 Å². The van der Waals surface area contributed by atoms with Crippen LogP contribution < -0.4 is 21.3 Å². The Morgan fingerprint density at radius 2 is 1.62 bits per heavy atom. The first-order chi connectivity index (χ1) is 25.8. The number of carbonyl (C=O) groups is 5. The molecule has 5 rings (SSSR count). The second-order valence-corrected chi connectivity index (χ2v) is 15.7. The standard InChI is InChI=1S/C42H49F3N4O6/c1-24-18-31(38(52)47-25(2)42(43,44)45)15-17-34(24)28-10-6-26(7-11-28)19-32(39(53)48-33-16-14-30-21-37(51)49-35(30)22-33)20-36(50)29-12-8-27(9-13-29)23-46-40(54)55-41(3,4)5/h6-7,10-11,14-18,22,25,27,29,32H,8-9,12-13,19-21,23H2,1-5H3,(H,46,54)(H,47,52)(H,48,53)(H,49,51). The number of fused-ring (bicyclic) bond motifs is 1. The number of nitrogens with one attached hydrogen (secondary N) is 4. The van der Waals surface area contributed by atoms with Crippen LogP contribution in [0.5, 0.6) is 0 Å². The van der Waals surface area contributed by atoms with Crippen molar-refractivity contribution in [1.29, 1.82) is 0 Å². The summed E-state index contributed by atoms with van der Waals surface area (Å²) in [6.07, 6.45) is -1.57. The fourth-order valence-electron chi connectivity index (χ4n) is 7.03. The Kier molecular flexibility index (Phi) is 12.7. The molecular weight excluding hydrogens is 713 g/mol. The summed E-state index contributed by atoms with van der Waals surface area (Å²) in [5, 5.41) is 10.6. The normalized spacial score (nSPS) is 18.0. The second kappa shape index (κ2) is 17.1. The zero-order chi connectivity index (χ0) is 40.1. The molecule has 0 bridgehead atoms. The number of ether oxygens (including phenoxy) is 1. The molecule has 1 heterocycles. The van der Waals surface area contributed by atoms with E-state index in [1.54, 1.807) is 58.0 Å². The van der Waals surface area contributed by atoms with Crippen molar-refractivity contribution in [3.05, 3.63) is 82.9 Å². The van der Waals surface area contributed by atoms with Crippen LogP contribution in [0.1, 0.15) is 86.8 Å². The lowest BCUT2D eigenvalue weighted by atomic mass is 9.77. The Morgan fingerprint density at radius 3 is 2.25 bits per heavy atom. The van der Waals surface area contributed by atoms with Gasteiger partial charge in [0, 0.05) is 41.7 Å². The van der Waals surface area contributed by atoms with Crippen LogP contribution in [0.15, 0.2) is 60.7 Å². The molecule has 294 valence electrons. The predicted octanol–water partition coefficient (Wildman–Crippen LogP) is 7.92. The van der Waals surface area contributed by atoms with Crippen LogP contribution in [-0.4, -0.2) is 54.0 Å². The number of ketones is 1. The molecule has 1 aliphatic carbocycles. The number of halogens is 3. The summed E-state index contributed by atoms with van der Waals surface area (Å²) < 4.78 is 44.2. The summed E-state index contributed by atoms with van der Waals surface area (Å²) in [5.41, 5.74) is 4.64. The van der Waals surface area contributed by atoms with Gasteiger partial charge in [-0.2, -0.15) is 13.2 Å². The molecule has 1 saturated carbocycles. The smallest absolute Gasteiger partial charge is 0.408 e. The van der Waals surface area contributed by atoms with E-state index < -0.39 is 35.7 Å². The predicted molar refractivity (Wildman–Crippen MR) is 204 cm³/mol. The molecule has 1 aliphatic heterocycles. The van der Waals surface area contributed by atoms with E-state index in [1.165, 1.54) is 6.07 Å². The minimum absolute atomic E-state index is 0.0147. The van der Waals surface area contributed by atoms with Gasteiger partial charge >= 0.3 is 12.3 Å². The van der Waals surface area contributed by atoms with Crippen molar-refractivity contribution in [3.63, 3.8) is 0 Å². The molecule has 10 nitrogen and oxygen atoms in total. The summed E-state index contributed by atoms with van der Waals surface area (Å²) in [6.45, 7) is 8.55. The average molecular weight is 763 g/mol. The van der Waals surface area contributed by atoms with Gasteiger partial charge in [-0.05, 0) is 125 Å². The Bertz CT molecular complexity index is 1910. The van der Waals surface area contributed by atoms with Gasteiger partial charge in [0.25, 0.3) is 5.91 Å². The van der Waals surface area contributed by atoms with Gasteiger partial charge in [0.05, 0.1) is 6.42 Å². The van der Waals surface area contributed by atoms with Crippen LogP contribution in [0.2, 0.25) is 0 Å². The Hall–Kier alpha value is -5.20. The van der Waals surface area contributed by atoms with E-state index in [0.717, 1.165) is 42.0 Å². The minimum Gasteiger partial charge on any atom is -0.444 e. The third-order valence-electron chi connectivity index (χ3n) is 10.1. The third-order valence-corrected chi connectivity index (χ3v) is 10.1. The van der Waals surface area contributed by atoms with Crippen molar-refractivity contribution in [3.8, 4) is 11.1 Å². The lowest BCUT2D eigenvalue weighted by Crippen LogP contribution is -2.43. The van der Waals surface area contributed by atoms with E-state index in [4.69, 9.17) is 4.74 Å². The number of rotatable bonds is 12. The van der Waals surface area contributed by atoms with Crippen LogP contribution in [0.25, 0.3) is 11.1 Å². The molecule has 3 aromatic rings. The molecule has 4 N–H and O–H groups in total. The van der Waals surface area contributed by atoms with E-state index in [-0.39, 0.29) is 54.3 Å². The fraction of sp³-hybridized carbons (Fsp3) is 0.452. The van der Waals surface area contributed by atoms with Crippen LogP contribution in [-0.2, 0) is 32.0 Å². The highest BCUT2D eigenvalue weighted by molar-refractivity contribution is 6.01. The lowest BCUT2D eigenvalue weighted by Gasteiger charge is -2.29. The summed E-state index contributed by atoms with van der Waals surface area (Å²) in [5.74, 6) is -1.90. The molecule has 2 aliphatic rings. The summed E-state index contributed by atoms with van der Waals surface area (Å²) in [4.78, 5) is 64.0. The van der Waals surface area contributed by atoms with Gasteiger partial charge in [0.2, 0.25) is 11.8 Å². The SMILES string of the molecule is Cc1cc(C(=O)NC(C)C(F)(F)F)ccc1-c1ccc(CC(CC(=O)C2CCC(CNC(=O)OC(C)(C)C)CC2)C(=O)Nc2ccc3c(c2)NC(=O)C3)cc1. The molecule has 1 fully saturated rings. The number of Topliss-reactive ketones (excluding diaryl/α,β-unsaturated/α-hetero) is 1. The van der Waals surface area contributed by atoms with Gasteiger partial charge in [-0.15, -0.1) is 0 Å². The molecule has 0 spiro atoms.